The first-order valence-electron chi connectivity index (χ1n) is 22.7. The normalized spacial score (nSPS) is 25.5. The average Bonchev–Trinajstić information content (AvgIpc) is 3.38. The molecule has 0 aromatic heterocycles. The molecule has 71 heavy (non-hydrogen) atoms. The molecule has 0 spiro atoms. The van der Waals surface area contributed by atoms with Crippen molar-refractivity contribution in [3.63, 3.8) is 0 Å². The summed E-state index contributed by atoms with van der Waals surface area (Å²) in [4.78, 5) is 57.7. The lowest BCUT2D eigenvalue weighted by molar-refractivity contribution is -0.382. The molecule has 3 aliphatic heterocycles. The van der Waals surface area contributed by atoms with Crippen LogP contribution in [0.4, 0.5) is 4.79 Å². The van der Waals surface area contributed by atoms with Gasteiger partial charge in [-0.3, -0.25) is 0 Å². The van der Waals surface area contributed by atoms with E-state index < -0.39 is 115 Å². The molecule has 0 aliphatic carbocycles. The zero-order valence-electron chi connectivity index (χ0n) is 38.0. The minimum Gasteiger partial charge on any atom is -0.459 e. The maximum absolute atomic E-state index is 14.3. The van der Waals surface area contributed by atoms with E-state index in [1.54, 1.807) is 91.0 Å². The third kappa shape index (κ3) is 15.2. The Balaban J connectivity index is 1.27. The van der Waals surface area contributed by atoms with Crippen molar-refractivity contribution in [3.8, 4) is 0 Å². The van der Waals surface area contributed by atoms with Gasteiger partial charge in [0, 0.05) is 23.6 Å². The Morgan fingerprint density at radius 2 is 1.42 bits per heavy atom. The molecule has 4 aromatic carbocycles. The first kappa shape index (κ1) is 53.3. The van der Waals surface area contributed by atoms with Gasteiger partial charge in [-0.25, -0.2) is 19.2 Å². The summed E-state index contributed by atoms with van der Waals surface area (Å²) < 4.78 is 60.3. The predicted octanol–water partition coefficient (Wildman–Crippen LogP) is 7.96. The first-order valence-corrected chi connectivity index (χ1v) is 23.8. The van der Waals surface area contributed by atoms with Gasteiger partial charge in [0.05, 0.1) is 29.7 Å². The predicted molar refractivity (Wildman–Crippen MR) is 253 cm³/mol. The molecule has 3 heterocycles. The standard InChI is InChI=1S/C49H51Cl3N4O15/c50-49(51,52)30-66-47(61)55-38-41(40-37(28-64-45(69-40)34-22-12-4-13-23-34)68-46(38)62-25-15-5-14-24-54-56-53)70-48(71-44(60)33-20-10-3-11-21-33)26-36(67-43(59)32-18-8-2-9-19-32)39(65-29-48)35(57)27-63-42(58)31-16-6-1-7-17-31/h1-4,6-13,16-23,35-41,45-46,57H,5,14-15,24-30H2,(H,55,61)/t35-,36?,37?,38?,39+,40?,41?,45?,46?,48-/m1/s1. The van der Waals surface area contributed by atoms with Gasteiger partial charge in [-0.15, -0.1) is 0 Å². The third-order valence-corrected chi connectivity index (χ3v) is 11.7. The summed E-state index contributed by atoms with van der Waals surface area (Å²) >= 11 is 17.9. The number of carbonyl (C=O) groups is 4. The van der Waals surface area contributed by atoms with Gasteiger partial charge in [0.1, 0.15) is 62.5 Å². The van der Waals surface area contributed by atoms with E-state index in [1.165, 1.54) is 24.3 Å². The van der Waals surface area contributed by atoms with Crippen molar-refractivity contribution in [2.24, 2.45) is 5.11 Å². The smallest absolute Gasteiger partial charge is 0.407 e. The second-order valence-corrected chi connectivity index (χ2v) is 19.1. The van der Waals surface area contributed by atoms with Crippen molar-refractivity contribution < 1.29 is 71.7 Å². The number of alkyl halides is 3. The van der Waals surface area contributed by atoms with Crippen LogP contribution in [0, 0.1) is 0 Å². The molecule has 2 N–H and O–H groups in total. The number of aliphatic hydroxyl groups excluding tert-OH is 1. The van der Waals surface area contributed by atoms with Crippen LogP contribution in [0.25, 0.3) is 10.4 Å². The number of amides is 1. The lowest BCUT2D eigenvalue weighted by atomic mass is 9.92. The van der Waals surface area contributed by atoms with Crippen molar-refractivity contribution in [1.82, 2.24) is 5.32 Å². The Morgan fingerprint density at radius 1 is 0.803 bits per heavy atom. The number of esters is 3. The largest absolute Gasteiger partial charge is 0.459 e. The van der Waals surface area contributed by atoms with Gasteiger partial charge in [0.2, 0.25) is 9.58 Å². The van der Waals surface area contributed by atoms with Crippen molar-refractivity contribution >= 4 is 58.8 Å². The number of benzene rings is 4. The lowest BCUT2D eigenvalue weighted by Crippen LogP contribution is -2.70. The summed E-state index contributed by atoms with van der Waals surface area (Å²) in [6.45, 7) is -1.63. The van der Waals surface area contributed by atoms with Crippen LogP contribution in [0.15, 0.2) is 126 Å². The molecule has 0 saturated carbocycles. The highest BCUT2D eigenvalue weighted by Crippen LogP contribution is 2.41. The molecule has 4 aromatic rings. The summed E-state index contributed by atoms with van der Waals surface area (Å²) in [5, 5.41) is 18.0. The number of halogens is 3. The highest BCUT2D eigenvalue weighted by molar-refractivity contribution is 6.67. The third-order valence-electron chi connectivity index (χ3n) is 11.4. The van der Waals surface area contributed by atoms with E-state index in [2.05, 4.69) is 15.3 Å². The highest BCUT2D eigenvalue weighted by atomic mass is 35.6. The molecule has 3 aliphatic rings. The SMILES string of the molecule is [N-]=[N+]=NCCCCCOC1OC2COC(c3ccccc3)OC2C(O[C@]2(OC(=O)c3ccccc3)CO[C@@H]([C@H](O)COC(=O)c3ccccc3)C(OC(=O)c3ccccc3)C2)C1NC(=O)OCC(Cl)(Cl)Cl. The van der Waals surface area contributed by atoms with E-state index >= 15 is 0 Å². The second kappa shape index (κ2) is 25.7. The van der Waals surface area contributed by atoms with Gasteiger partial charge in [-0.1, -0.05) is 131 Å². The van der Waals surface area contributed by atoms with Crippen LogP contribution in [0.5, 0.6) is 0 Å². The molecule has 22 heteroatoms. The summed E-state index contributed by atoms with van der Waals surface area (Å²) in [5.41, 5.74) is 9.80. The lowest BCUT2D eigenvalue weighted by Gasteiger charge is -2.52. The number of nitrogens with zero attached hydrogens (tertiary/aromatic N) is 3. The maximum Gasteiger partial charge on any atom is 0.407 e. The Labute approximate surface area is 423 Å². The van der Waals surface area contributed by atoms with E-state index in [-0.39, 0.29) is 36.4 Å². The number of unbranched alkanes of at least 4 members (excludes halogenated alkanes) is 2. The molecular weight excluding hydrogens is 991 g/mol. The van der Waals surface area contributed by atoms with E-state index in [0.29, 0.717) is 24.8 Å². The number of hydrogen-bond donors (Lipinski definition) is 2. The van der Waals surface area contributed by atoms with Gasteiger partial charge in [0.25, 0.3) is 0 Å². The zero-order valence-corrected chi connectivity index (χ0v) is 40.2. The van der Waals surface area contributed by atoms with Crippen molar-refractivity contribution in [2.45, 2.75) is 90.5 Å². The van der Waals surface area contributed by atoms with E-state index in [0.717, 1.165) is 0 Å². The molecule has 378 valence electrons. The van der Waals surface area contributed by atoms with Crippen LogP contribution >= 0.6 is 34.8 Å². The van der Waals surface area contributed by atoms with Crippen LogP contribution in [0.2, 0.25) is 0 Å². The second-order valence-electron chi connectivity index (χ2n) is 16.5. The van der Waals surface area contributed by atoms with Gasteiger partial charge in [0.15, 0.2) is 12.6 Å². The van der Waals surface area contributed by atoms with Crippen molar-refractivity contribution in [2.75, 3.05) is 39.6 Å². The van der Waals surface area contributed by atoms with Crippen LogP contribution < -0.4 is 5.32 Å². The van der Waals surface area contributed by atoms with Gasteiger partial charge >= 0.3 is 24.0 Å². The van der Waals surface area contributed by atoms with E-state index in [1.807, 2.05) is 6.07 Å². The fourth-order valence-electron chi connectivity index (χ4n) is 8.02. The first-order chi connectivity index (χ1) is 34.3. The molecule has 3 fully saturated rings. The Hall–Kier alpha value is -5.54. The Kier molecular flexibility index (Phi) is 19.3. The Morgan fingerprint density at radius 3 is 2.06 bits per heavy atom. The molecular formula is C49H51Cl3N4O15. The summed E-state index contributed by atoms with van der Waals surface area (Å²) in [7, 11) is 0. The molecule has 19 nitrogen and oxygen atoms in total. The van der Waals surface area contributed by atoms with Crippen LogP contribution in [-0.2, 0) is 47.4 Å². The van der Waals surface area contributed by atoms with Gasteiger partial charge < -0.3 is 57.8 Å². The highest BCUT2D eigenvalue weighted by Gasteiger charge is 2.58. The van der Waals surface area contributed by atoms with Crippen molar-refractivity contribution in [1.29, 1.82) is 0 Å². The Bertz CT molecular complexity index is 2410. The minimum absolute atomic E-state index is 0.0734. The number of azide groups is 1. The molecule has 7 rings (SSSR count). The monoisotopic (exact) mass is 1040 g/mol. The molecule has 7 unspecified atom stereocenters. The minimum atomic E-state index is -2.24. The molecule has 0 bridgehead atoms. The van der Waals surface area contributed by atoms with Crippen LogP contribution in [0.1, 0.15) is 68.6 Å². The number of rotatable bonds is 20. The molecule has 10 atom stereocenters. The molecule has 1 amide bonds. The zero-order chi connectivity index (χ0) is 50.2. The fourth-order valence-corrected chi connectivity index (χ4v) is 8.18. The summed E-state index contributed by atoms with van der Waals surface area (Å²) in [5.74, 6) is -4.70. The van der Waals surface area contributed by atoms with E-state index in [4.69, 9.17) is 87.7 Å². The van der Waals surface area contributed by atoms with E-state index in [9.17, 15) is 24.3 Å². The maximum atomic E-state index is 14.3. The molecule has 3 saturated heterocycles. The van der Waals surface area contributed by atoms with Crippen LogP contribution in [-0.4, -0.2) is 127 Å². The molecule has 0 radical (unpaired) electrons. The number of ether oxygens (including phenoxy) is 10. The summed E-state index contributed by atoms with van der Waals surface area (Å²) in [6.07, 6.45) is -10.3. The number of nitrogens with one attached hydrogen (secondary N) is 1. The number of aliphatic hydroxyl groups is 1. The van der Waals surface area contributed by atoms with Gasteiger partial charge in [-0.2, -0.15) is 0 Å². The topological polar surface area (TPSA) is 242 Å². The quantitative estimate of drug-likeness (QED) is 0.0125. The fraction of sp³-hybridized carbons (Fsp3) is 0.429. The van der Waals surface area contributed by atoms with Gasteiger partial charge in [-0.05, 0) is 54.8 Å². The number of alkyl carbamates (subject to hydrolysis) is 1. The van der Waals surface area contributed by atoms with Crippen molar-refractivity contribution in [3.05, 3.63) is 154 Å². The number of fused-ring (bicyclic) bond motifs is 1. The number of carbonyl (C=O) groups excluding carboxylic acids is 4. The number of hydrogen-bond acceptors (Lipinski definition) is 16. The average molecular weight is 1040 g/mol. The summed E-state index contributed by atoms with van der Waals surface area (Å²) in [6, 6.07) is 31.7. The van der Waals surface area contributed by atoms with Crippen LogP contribution in [0.3, 0.4) is 0 Å².